The quantitative estimate of drug-likeness (QED) is 0.326. The van der Waals surface area contributed by atoms with Crippen LogP contribution in [-0.4, -0.2) is 79.3 Å². The molecule has 12 heteroatoms. The van der Waals surface area contributed by atoms with Crippen LogP contribution in [0.5, 0.6) is 0 Å². The molecule has 3 aromatic heterocycles. The molecule has 226 valence electrons. The second-order valence-corrected chi connectivity index (χ2v) is 11.8. The molecular formula is C32H34N8O4. The zero-order valence-electron chi connectivity index (χ0n) is 24.5. The lowest BCUT2D eigenvalue weighted by atomic mass is 9.92. The van der Waals surface area contributed by atoms with E-state index in [4.69, 9.17) is 15.5 Å². The van der Waals surface area contributed by atoms with Crippen LogP contribution < -0.4 is 11.1 Å². The van der Waals surface area contributed by atoms with Crippen LogP contribution >= 0.6 is 0 Å². The molecule has 12 nitrogen and oxygen atoms in total. The number of nitrogens with zero attached hydrogens (tertiary/aromatic N) is 6. The first-order chi connectivity index (χ1) is 21.4. The van der Waals surface area contributed by atoms with E-state index in [0.717, 1.165) is 24.2 Å². The van der Waals surface area contributed by atoms with Crippen molar-refractivity contribution in [2.45, 2.75) is 50.5 Å². The molecular weight excluding hydrogens is 560 g/mol. The summed E-state index contributed by atoms with van der Waals surface area (Å²) in [6.07, 6.45) is 8.76. The molecule has 44 heavy (non-hydrogen) atoms. The van der Waals surface area contributed by atoms with Crippen LogP contribution in [0.15, 0.2) is 55.0 Å². The highest BCUT2D eigenvalue weighted by atomic mass is 16.6. The number of aromatic nitrogens is 4. The summed E-state index contributed by atoms with van der Waals surface area (Å²) in [5, 5.41) is 2.91. The lowest BCUT2D eigenvalue weighted by molar-refractivity contribution is -0.135. The first-order valence-corrected chi connectivity index (χ1v) is 15.1. The van der Waals surface area contributed by atoms with Crippen LogP contribution in [0.3, 0.4) is 0 Å². The van der Waals surface area contributed by atoms with Gasteiger partial charge in [0.15, 0.2) is 0 Å². The van der Waals surface area contributed by atoms with Gasteiger partial charge in [-0.15, -0.1) is 0 Å². The molecule has 3 fully saturated rings. The summed E-state index contributed by atoms with van der Waals surface area (Å²) >= 11 is 0. The third kappa shape index (κ3) is 5.31. The van der Waals surface area contributed by atoms with E-state index in [1.54, 1.807) is 24.5 Å². The number of hydrogen-bond donors (Lipinski definition) is 2. The molecule has 1 aliphatic carbocycles. The zero-order chi connectivity index (χ0) is 30.4. The number of likely N-dealkylation sites (tertiary alicyclic amines) is 1. The fraction of sp³-hybridized carbons (Fsp3) is 0.375. The van der Waals surface area contributed by atoms with E-state index in [2.05, 4.69) is 15.3 Å². The Bertz CT molecular complexity index is 1750. The lowest BCUT2D eigenvalue weighted by Gasteiger charge is -2.38. The minimum absolute atomic E-state index is 0.00227. The third-order valence-corrected chi connectivity index (χ3v) is 8.84. The maximum atomic E-state index is 13.3. The number of nitrogen functional groups attached to an aromatic ring is 1. The van der Waals surface area contributed by atoms with Gasteiger partial charge < -0.3 is 20.7 Å². The Morgan fingerprint density at radius 2 is 1.84 bits per heavy atom. The molecule has 7 rings (SSSR count). The van der Waals surface area contributed by atoms with Crippen molar-refractivity contribution in [2.24, 2.45) is 0 Å². The molecule has 2 aliphatic heterocycles. The van der Waals surface area contributed by atoms with Gasteiger partial charge in [0.25, 0.3) is 5.91 Å². The van der Waals surface area contributed by atoms with E-state index in [1.165, 1.54) is 23.3 Å². The van der Waals surface area contributed by atoms with Gasteiger partial charge in [0, 0.05) is 48.2 Å². The molecule has 1 saturated carbocycles. The molecule has 5 heterocycles. The summed E-state index contributed by atoms with van der Waals surface area (Å²) in [6, 6.07) is 11.2. The molecule has 2 saturated heterocycles. The molecule has 2 atom stereocenters. The van der Waals surface area contributed by atoms with E-state index in [9.17, 15) is 14.4 Å². The van der Waals surface area contributed by atoms with Crippen LogP contribution in [-0.2, 0) is 9.53 Å². The SMILES string of the molecule is C[C@@H]1CC[C@H](c2nc(-c3ccc(C(=O)Nc4cc(C5CC5)ccn4)cc3)c3c(N)nccn23)CN1C(=O)CN1CCOC1=O. The number of hydrogen-bond acceptors (Lipinski definition) is 8. The number of imidazole rings is 1. The van der Waals surface area contributed by atoms with E-state index in [1.807, 2.05) is 46.7 Å². The summed E-state index contributed by atoms with van der Waals surface area (Å²) < 4.78 is 6.95. The Balaban J connectivity index is 1.13. The molecule has 3 N–H and O–H groups in total. The standard InChI is InChI=1S/C32H34N8O4/c1-19-2-3-24(17-40(19)26(41)18-38-14-15-44-32(38)43)30-37-27(28-29(33)35-12-13-39(28)30)21-6-8-22(9-7-21)31(42)36-25-16-23(10-11-34-25)20-4-5-20/h6-13,16,19-20,24H,2-5,14-15,17-18H2,1H3,(H2,33,35)(H,34,36,42)/t19-,24+/m1/s1. The maximum absolute atomic E-state index is 13.3. The number of anilines is 2. The summed E-state index contributed by atoms with van der Waals surface area (Å²) in [4.78, 5) is 55.2. The van der Waals surface area contributed by atoms with Crippen LogP contribution in [0, 0.1) is 0 Å². The predicted molar refractivity (Wildman–Crippen MR) is 163 cm³/mol. The molecule has 1 aromatic carbocycles. The number of carbonyl (C=O) groups is 3. The summed E-state index contributed by atoms with van der Waals surface area (Å²) in [5.41, 5.74) is 10.2. The number of nitrogens with one attached hydrogen (secondary N) is 1. The van der Waals surface area contributed by atoms with Crippen molar-refractivity contribution < 1.29 is 19.1 Å². The fourth-order valence-electron chi connectivity index (χ4n) is 6.22. The third-order valence-electron chi connectivity index (χ3n) is 8.84. The molecule has 3 amide bonds. The first-order valence-electron chi connectivity index (χ1n) is 15.1. The van der Waals surface area contributed by atoms with Crippen molar-refractivity contribution in [1.82, 2.24) is 29.2 Å². The largest absolute Gasteiger partial charge is 0.448 e. The smallest absolute Gasteiger partial charge is 0.410 e. The second-order valence-electron chi connectivity index (χ2n) is 11.8. The van der Waals surface area contributed by atoms with Crippen molar-refractivity contribution in [2.75, 3.05) is 37.3 Å². The van der Waals surface area contributed by atoms with Gasteiger partial charge in [-0.05, 0) is 68.4 Å². The Morgan fingerprint density at radius 3 is 2.59 bits per heavy atom. The van der Waals surface area contributed by atoms with Crippen molar-refractivity contribution in [1.29, 1.82) is 0 Å². The molecule has 0 unspecified atom stereocenters. The van der Waals surface area contributed by atoms with Crippen LogP contribution in [0.25, 0.3) is 16.8 Å². The Morgan fingerprint density at radius 1 is 1.05 bits per heavy atom. The molecule has 0 spiro atoms. The van der Waals surface area contributed by atoms with Crippen molar-refractivity contribution in [3.05, 3.63) is 71.9 Å². The maximum Gasteiger partial charge on any atom is 0.410 e. The second kappa shape index (κ2) is 11.3. The Kier molecular flexibility index (Phi) is 7.11. The Hall–Kier alpha value is -5.00. The number of cyclic esters (lactones) is 1. The Labute approximate surface area is 254 Å². The molecule has 3 aliphatic rings. The van der Waals surface area contributed by atoms with Crippen molar-refractivity contribution in [3.8, 4) is 11.3 Å². The summed E-state index contributed by atoms with van der Waals surface area (Å²) in [5.74, 6) is 1.85. The normalized spacial score (nSPS) is 20.2. The molecule has 0 bridgehead atoms. The van der Waals surface area contributed by atoms with Gasteiger partial charge in [0.05, 0.1) is 6.54 Å². The van der Waals surface area contributed by atoms with Crippen LogP contribution in [0.1, 0.15) is 66.2 Å². The fourth-order valence-corrected chi connectivity index (χ4v) is 6.22. The minimum atomic E-state index is -0.450. The van der Waals surface area contributed by atoms with Crippen molar-refractivity contribution >= 4 is 35.1 Å². The van der Waals surface area contributed by atoms with E-state index in [-0.39, 0.29) is 30.3 Å². The zero-order valence-corrected chi connectivity index (χ0v) is 24.5. The van der Waals surface area contributed by atoms with E-state index >= 15 is 0 Å². The van der Waals surface area contributed by atoms with Gasteiger partial charge in [-0.3, -0.25) is 18.9 Å². The number of fused-ring (bicyclic) bond motifs is 1. The average Bonchev–Trinajstić information content (AvgIpc) is 3.70. The number of pyridine rings is 1. The monoisotopic (exact) mass is 594 g/mol. The number of piperidine rings is 1. The van der Waals surface area contributed by atoms with Crippen molar-refractivity contribution in [3.63, 3.8) is 0 Å². The van der Waals surface area contributed by atoms with Crippen LogP contribution in [0.2, 0.25) is 0 Å². The number of amides is 3. The number of rotatable bonds is 7. The van der Waals surface area contributed by atoms with Gasteiger partial charge in [-0.1, -0.05) is 12.1 Å². The van der Waals surface area contributed by atoms with Crippen LogP contribution in [0.4, 0.5) is 16.4 Å². The van der Waals surface area contributed by atoms with Gasteiger partial charge in [0.1, 0.15) is 41.8 Å². The first kappa shape index (κ1) is 27.8. The summed E-state index contributed by atoms with van der Waals surface area (Å²) in [7, 11) is 0. The number of carbonyl (C=O) groups excluding carboxylic acids is 3. The van der Waals surface area contributed by atoms with Gasteiger partial charge in [0.2, 0.25) is 5.91 Å². The van der Waals surface area contributed by atoms with Gasteiger partial charge >= 0.3 is 6.09 Å². The lowest BCUT2D eigenvalue weighted by Crippen LogP contribution is -2.49. The highest BCUT2D eigenvalue weighted by Crippen LogP contribution is 2.40. The molecule has 0 radical (unpaired) electrons. The minimum Gasteiger partial charge on any atom is -0.448 e. The predicted octanol–water partition coefficient (Wildman–Crippen LogP) is 4.05. The topological polar surface area (TPSA) is 148 Å². The number of nitrogens with two attached hydrogens (primary N) is 1. The molecule has 4 aromatic rings. The highest BCUT2D eigenvalue weighted by molar-refractivity contribution is 6.04. The van der Waals surface area contributed by atoms with Gasteiger partial charge in [-0.25, -0.2) is 19.7 Å². The van der Waals surface area contributed by atoms with Gasteiger partial charge in [-0.2, -0.15) is 0 Å². The van der Waals surface area contributed by atoms with E-state index < -0.39 is 6.09 Å². The number of benzene rings is 1. The summed E-state index contributed by atoms with van der Waals surface area (Å²) in [6.45, 7) is 3.23. The van der Waals surface area contributed by atoms with E-state index in [0.29, 0.717) is 54.0 Å². The number of ether oxygens (including phenoxy) is 1. The average molecular weight is 595 g/mol. The highest BCUT2D eigenvalue weighted by Gasteiger charge is 2.35.